The fourth-order valence-corrected chi connectivity index (χ4v) is 1.85. The number of halogens is 1. The summed E-state index contributed by atoms with van der Waals surface area (Å²) >= 11 is 3.35. The summed E-state index contributed by atoms with van der Waals surface area (Å²) < 4.78 is 6.56. The molecule has 2 aromatic rings. The predicted molar refractivity (Wildman–Crippen MR) is 76.2 cm³/mol. The lowest BCUT2D eigenvalue weighted by molar-refractivity contribution is 0.121. The maximum atomic E-state index is 5.86. The Hall–Kier alpha value is -1.39. The molecule has 0 atom stereocenters. The molecule has 1 aromatic carbocycles. The van der Waals surface area contributed by atoms with Crippen molar-refractivity contribution in [1.29, 1.82) is 0 Å². The minimum absolute atomic E-state index is 0.528. The molecule has 3 nitrogen and oxygen atoms in total. The van der Waals surface area contributed by atoms with Crippen molar-refractivity contribution < 1.29 is 4.74 Å². The van der Waals surface area contributed by atoms with Crippen molar-refractivity contribution in [1.82, 2.24) is 4.98 Å². The van der Waals surface area contributed by atoms with E-state index in [0.29, 0.717) is 13.2 Å². The lowest BCUT2D eigenvalue weighted by atomic mass is 10.1. The van der Waals surface area contributed by atoms with Gasteiger partial charge in [-0.25, -0.2) is 0 Å². The Morgan fingerprint density at radius 1 is 1.17 bits per heavy atom. The zero-order chi connectivity index (χ0) is 12.8. The minimum Gasteiger partial charge on any atom is -0.399 e. The number of nitrogen functional groups attached to an aromatic ring is 1. The first-order chi connectivity index (χ1) is 8.75. The third kappa shape index (κ3) is 3.82. The van der Waals surface area contributed by atoms with Crippen LogP contribution < -0.4 is 5.73 Å². The Labute approximate surface area is 115 Å². The van der Waals surface area contributed by atoms with Gasteiger partial charge in [0, 0.05) is 16.4 Å². The smallest absolute Gasteiger partial charge is 0.0888 e. The number of hydrogen-bond donors (Lipinski definition) is 1. The second kappa shape index (κ2) is 6.52. The molecule has 2 rings (SSSR count). The molecule has 18 heavy (non-hydrogen) atoms. The number of aromatic nitrogens is 1. The summed E-state index contributed by atoms with van der Waals surface area (Å²) in [5.74, 6) is 0. The second-order valence-corrected chi connectivity index (χ2v) is 4.88. The SMILES string of the molecule is Nc1ccccc1CCOCc1ccc(Br)cn1. The average molecular weight is 307 g/mol. The highest BCUT2D eigenvalue weighted by Crippen LogP contribution is 2.12. The van der Waals surface area contributed by atoms with Crippen LogP contribution in [0.3, 0.4) is 0 Å². The molecule has 0 bridgehead atoms. The molecule has 0 saturated heterocycles. The van der Waals surface area contributed by atoms with E-state index in [4.69, 9.17) is 10.5 Å². The molecule has 4 heteroatoms. The Kier molecular flexibility index (Phi) is 4.73. The number of para-hydroxylation sites is 1. The van der Waals surface area contributed by atoms with E-state index in [0.717, 1.165) is 27.8 Å². The molecule has 1 heterocycles. The van der Waals surface area contributed by atoms with E-state index in [1.165, 1.54) is 0 Å². The number of ether oxygens (including phenoxy) is 1. The first kappa shape index (κ1) is 13.1. The van der Waals surface area contributed by atoms with Gasteiger partial charge in [-0.1, -0.05) is 18.2 Å². The third-order valence-electron chi connectivity index (χ3n) is 2.61. The van der Waals surface area contributed by atoms with E-state index in [9.17, 15) is 0 Å². The van der Waals surface area contributed by atoms with Crippen LogP contribution in [-0.4, -0.2) is 11.6 Å². The molecule has 0 saturated carbocycles. The van der Waals surface area contributed by atoms with Gasteiger partial charge in [-0.05, 0) is 46.1 Å². The van der Waals surface area contributed by atoms with Crippen molar-refractivity contribution in [3.05, 3.63) is 58.3 Å². The third-order valence-corrected chi connectivity index (χ3v) is 3.08. The summed E-state index contributed by atoms with van der Waals surface area (Å²) in [5.41, 5.74) is 8.74. The summed E-state index contributed by atoms with van der Waals surface area (Å²) in [4.78, 5) is 4.24. The van der Waals surface area contributed by atoms with Crippen LogP contribution in [0.25, 0.3) is 0 Å². The number of benzene rings is 1. The highest BCUT2D eigenvalue weighted by molar-refractivity contribution is 9.10. The molecule has 0 fully saturated rings. The Bertz CT molecular complexity index is 499. The zero-order valence-electron chi connectivity index (χ0n) is 9.97. The van der Waals surface area contributed by atoms with Crippen molar-refractivity contribution in [2.45, 2.75) is 13.0 Å². The largest absolute Gasteiger partial charge is 0.399 e. The highest BCUT2D eigenvalue weighted by Gasteiger charge is 1.99. The van der Waals surface area contributed by atoms with Gasteiger partial charge in [-0.15, -0.1) is 0 Å². The lowest BCUT2D eigenvalue weighted by Crippen LogP contribution is -2.02. The molecular formula is C14H15BrN2O. The van der Waals surface area contributed by atoms with E-state index >= 15 is 0 Å². The van der Waals surface area contributed by atoms with Crippen LogP contribution >= 0.6 is 15.9 Å². The second-order valence-electron chi connectivity index (χ2n) is 3.97. The van der Waals surface area contributed by atoms with Gasteiger partial charge in [-0.3, -0.25) is 4.98 Å². The van der Waals surface area contributed by atoms with Crippen molar-refractivity contribution >= 4 is 21.6 Å². The van der Waals surface area contributed by atoms with E-state index in [1.54, 1.807) is 6.20 Å². The zero-order valence-corrected chi connectivity index (χ0v) is 11.6. The average Bonchev–Trinajstić information content (AvgIpc) is 2.39. The van der Waals surface area contributed by atoms with Crippen molar-refractivity contribution in [3.63, 3.8) is 0 Å². The van der Waals surface area contributed by atoms with Gasteiger partial charge in [0.1, 0.15) is 0 Å². The lowest BCUT2D eigenvalue weighted by Gasteiger charge is -2.06. The summed E-state index contributed by atoms with van der Waals surface area (Å²) in [6.07, 6.45) is 2.59. The van der Waals surface area contributed by atoms with Crippen LogP contribution in [0.1, 0.15) is 11.3 Å². The van der Waals surface area contributed by atoms with Crippen molar-refractivity contribution in [2.75, 3.05) is 12.3 Å². The van der Waals surface area contributed by atoms with Gasteiger partial charge in [0.25, 0.3) is 0 Å². The number of nitrogens with two attached hydrogens (primary N) is 1. The molecule has 0 unspecified atom stereocenters. The molecule has 0 aliphatic carbocycles. The van der Waals surface area contributed by atoms with Gasteiger partial charge in [-0.2, -0.15) is 0 Å². The van der Waals surface area contributed by atoms with Gasteiger partial charge in [0.15, 0.2) is 0 Å². The molecular weight excluding hydrogens is 292 g/mol. The standard InChI is InChI=1S/C14H15BrN2O/c15-12-5-6-13(17-9-12)10-18-8-7-11-3-1-2-4-14(11)16/h1-6,9H,7-8,10,16H2. The molecule has 94 valence electrons. The van der Waals surface area contributed by atoms with Gasteiger partial charge >= 0.3 is 0 Å². The quantitative estimate of drug-likeness (QED) is 0.682. The van der Waals surface area contributed by atoms with Gasteiger partial charge < -0.3 is 10.5 Å². The fourth-order valence-electron chi connectivity index (χ4n) is 1.61. The van der Waals surface area contributed by atoms with E-state index in [1.807, 2.05) is 36.4 Å². The van der Waals surface area contributed by atoms with Crippen molar-refractivity contribution in [2.24, 2.45) is 0 Å². The normalized spacial score (nSPS) is 10.5. The Balaban J connectivity index is 1.76. The number of hydrogen-bond acceptors (Lipinski definition) is 3. The Morgan fingerprint density at radius 3 is 2.72 bits per heavy atom. The number of anilines is 1. The molecule has 2 N–H and O–H groups in total. The van der Waals surface area contributed by atoms with Crippen molar-refractivity contribution in [3.8, 4) is 0 Å². The maximum Gasteiger partial charge on any atom is 0.0888 e. The van der Waals surface area contributed by atoms with E-state index < -0.39 is 0 Å². The fraction of sp³-hybridized carbons (Fsp3) is 0.214. The number of pyridine rings is 1. The molecule has 0 aliphatic rings. The predicted octanol–water partition coefficient (Wildman–Crippen LogP) is 3.19. The van der Waals surface area contributed by atoms with Gasteiger partial charge in [0.05, 0.1) is 18.9 Å². The highest BCUT2D eigenvalue weighted by atomic mass is 79.9. The summed E-state index contributed by atoms with van der Waals surface area (Å²) in [6, 6.07) is 11.8. The first-order valence-electron chi connectivity index (χ1n) is 5.77. The van der Waals surface area contributed by atoms with Crippen LogP contribution in [0.15, 0.2) is 47.1 Å². The van der Waals surface area contributed by atoms with Crippen LogP contribution in [0.4, 0.5) is 5.69 Å². The molecule has 1 aromatic heterocycles. The summed E-state index contributed by atoms with van der Waals surface area (Å²) in [5, 5.41) is 0. The van der Waals surface area contributed by atoms with Crippen LogP contribution in [0.2, 0.25) is 0 Å². The first-order valence-corrected chi connectivity index (χ1v) is 6.56. The molecule has 0 spiro atoms. The molecule has 0 amide bonds. The van der Waals surface area contributed by atoms with E-state index in [-0.39, 0.29) is 0 Å². The molecule has 0 aliphatic heterocycles. The van der Waals surface area contributed by atoms with Crippen LogP contribution in [0, 0.1) is 0 Å². The summed E-state index contributed by atoms with van der Waals surface area (Å²) in [7, 11) is 0. The van der Waals surface area contributed by atoms with E-state index in [2.05, 4.69) is 20.9 Å². The van der Waals surface area contributed by atoms with Gasteiger partial charge in [0.2, 0.25) is 0 Å². The maximum absolute atomic E-state index is 5.86. The van der Waals surface area contributed by atoms with Crippen LogP contribution in [0.5, 0.6) is 0 Å². The number of rotatable bonds is 5. The minimum atomic E-state index is 0.528. The Morgan fingerprint density at radius 2 is 2.00 bits per heavy atom. The topological polar surface area (TPSA) is 48.1 Å². The molecule has 0 radical (unpaired) electrons. The monoisotopic (exact) mass is 306 g/mol. The van der Waals surface area contributed by atoms with Crippen LogP contribution in [-0.2, 0) is 17.8 Å². The summed E-state index contributed by atoms with van der Waals surface area (Å²) in [6.45, 7) is 1.17. The number of nitrogens with zero attached hydrogens (tertiary/aromatic N) is 1.